The summed E-state index contributed by atoms with van der Waals surface area (Å²) >= 11 is 0. The Morgan fingerprint density at radius 2 is 2.27 bits per heavy atom. The molecule has 2 fully saturated rings. The van der Waals surface area contributed by atoms with Crippen LogP contribution in [0.25, 0.3) is 0 Å². The summed E-state index contributed by atoms with van der Waals surface area (Å²) in [5.74, 6) is 1.35. The predicted octanol–water partition coefficient (Wildman–Crippen LogP) is -0.189. The van der Waals surface area contributed by atoms with Crippen molar-refractivity contribution in [3.05, 3.63) is 11.6 Å². The maximum atomic E-state index is 11.6. The standard InChI is InChI=1S/C9H12N4O2/c14-9(10-6-3-15-4-6)8-11-7(12-13-8)5-1-2-5/h5-6H,1-4H2,(H,10,14)(H,11,12,13). The fraction of sp³-hybridized carbons (Fsp3) is 0.667. The van der Waals surface area contributed by atoms with Gasteiger partial charge in [-0.3, -0.25) is 9.89 Å². The molecule has 80 valence electrons. The molecule has 1 amide bonds. The molecule has 0 atom stereocenters. The zero-order chi connectivity index (χ0) is 10.3. The van der Waals surface area contributed by atoms with Gasteiger partial charge < -0.3 is 10.1 Å². The first kappa shape index (κ1) is 8.84. The van der Waals surface area contributed by atoms with Crippen LogP contribution in [-0.4, -0.2) is 40.3 Å². The molecule has 2 aliphatic rings. The Morgan fingerprint density at radius 1 is 1.47 bits per heavy atom. The number of H-pyrrole nitrogens is 1. The molecule has 6 nitrogen and oxygen atoms in total. The van der Waals surface area contributed by atoms with E-state index < -0.39 is 0 Å². The summed E-state index contributed by atoms with van der Waals surface area (Å²) in [7, 11) is 0. The molecule has 1 aliphatic heterocycles. The molecule has 1 aromatic rings. The van der Waals surface area contributed by atoms with Crippen molar-refractivity contribution >= 4 is 5.91 Å². The smallest absolute Gasteiger partial charge is 0.291 e. The average Bonchev–Trinajstić information content (AvgIpc) is 2.90. The first-order chi connectivity index (χ1) is 7.33. The van der Waals surface area contributed by atoms with E-state index in [2.05, 4.69) is 20.5 Å². The third kappa shape index (κ3) is 1.72. The normalized spacial score (nSPS) is 21.1. The summed E-state index contributed by atoms with van der Waals surface area (Å²) in [5, 5.41) is 9.50. The van der Waals surface area contributed by atoms with E-state index >= 15 is 0 Å². The maximum Gasteiger partial charge on any atom is 0.291 e. The molecule has 2 N–H and O–H groups in total. The molecule has 0 spiro atoms. The Labute approximate surface area is 86.4 Å². The number of rotatable bonds is 3. The third-order valence-corrected chi connectivity index (χ3v) is 2.64. The maximum absolute atomic E-state index is 11.6. The second-order valence-corrected chi connectivity index (χ2v) is 4.03. The van der Waals surface area contributed by atoms with Crippen molar-refractivity contribution < 1.29 is 9.53 Å². The highest BCUT2D eigenvalue weighted by Gasteiger charge is 2.29. The number of carbonyl (C=O) groups is 1. The zero-order valence-corrected chi connectivity index (χ0v) is 8.19. The summed E-state index contributed by atoms with van der Waals surface area (Å²) in [6, 6.07) is 0.125. The second-order valence-electron chi connectivity index (χ2n) is 4.03. The van der Waals surface area contributed by atoms with Crippen molar-refractivity contribution in [2.75, 3.05) is 13.2 Å². The van der Waals surface area contributed by atoms with E-state index in [1.165, 1.54) is 0 Å². The molecular formula is C9H12N4O2. The molecule has 0 unspecified atom stereocenters. The predicted molar refractivity (Wildman–Crippen MR) is 50.4 cm³/mol. The zero-order valence-electron chi connectivity index (χ0n) is 8.19. The highest BCUT2D eigenvalue weighted by Crippen LogP contribution is 2.37. The van der Waals surface area contributed by atoms with Gasteiger partial charge in [0.2, 0.25) is 5.82 Å². The van der Waals surface area contributed by atoms with E-state index in [1.807, 2.05) is 0 Å². The Kier molecular flexibility index (Phi) is 1.95. The average molecular weight is 208 g/mol. The van der Waals surface area contributed by atoms with E-state index in [0.29, 0.717) is 19.1 Å². The minimum Gasteiger partial charge on any atom is -0.377 e. The molecule has 2 heterocycles. The van der Waals surface area contributed by atoms with Crippen LogP contribution in [0.1, 0.15) is 35.2 Å². The number of aromatic amines is 1. The third-order valence-electron chi connectivity index (χ3n) is 2.64. The van der Waals surface area contributed by atoms with Gasteiger partial charge in [-0.1, -0.05) is 0 Å². The number of ether oxygens (including phenoxy) is 1. The van der Waals surface area contributed by atoms with Crippen LogP contribution in [0.5, 0.6) is 0 Å². The number of amides is 1. The Bertz CT molecular complexity index is 381. The molecular weight excluding hydrogens is 196 g/mol. The van der Waals surface area contributed by atoms with Crippen LogP contribution in [0, 0.1) is 0 Å². The van der Waals surface area contributed by atoms with Crippen LogP contribution < -0.4 is 5.32 Å². The van der Waals surface area contributed by atoms with Gasteiger partial charge in [-0.2, -0.15) is 0 Å². The van der Waals surface area contributed by atoms with Gasteiger partial charge in [0.1, 0.15) is 5.82 Å². The van der Waals surface area contributed by atoms with Gasteiger partial charge in [-0.15, -0.1) is 5.10 Å². The molecule has 1 saturated heterocycles. The number of aromatic nitrogens is 3. The van der Waals surface area contributed by atoms with Gasteiger partial charge in [0.15, 0.2) is 0 Å². The Balaban J connectivity index is 1.65. The molecule has 0 bridgehead atoms. The largest absolute Gasteiger partial charge is 0.377 e. The summed E-state index contributed by atoms with van der Waals surface area (Å²) in [6.45, 7) is 1.18. The monoisotopic (exact) mass is 208 g/mol. The number of nitrogens with zero attached hydrogens (tertiary/aromatic N) is 2. The second kappa shape index (κ2) is 3.30. The first-order valence-corrected chi connectivity index (χ1v) is 5.14. The summed E-state index contributed by atoms with van der Waals surface area (Å²) < 4.78 is 4.96. The topological polar surface area (TPSA) is 79.9 Å². The number of hydrogen-bond acceptors (Lipinski definition) is 4. The van der Waals surface area contributed by atoms with Gasteiger partial charge in [-0.05, 0) is 12.8 Å². The SMILES string of the molecule is O=C(NC1COC1)c1n[nH]c(C2CC2)n1. The van der Waals surface area contributed by atoms with Gasteiger partial charge in [-0.25, -0.2) is 4.98 Å². The summed E-state index contributed by atoms with van der Waals surface area (Å²) in [4.78, 5) is 15.8. The van der Waals surface area contributed by atoms with Crippen molar-refractivity contribution in [1.82, 2.24) is 20.5 Å². The van der Waals surface area contributed by atoms with Gasteiger partial charge in [0, 0.05) is 5.92 Å². The van der Waals surface area contributed by atoms with Crippen LogP contribution >= 0.6 is 0 Å². The van der Waals surface area contributed by atoms with Crippen LogP contribution in [0.4, 0.5) is 0 Å². The van der Waals surface area contributed by atoms with Crippen LogP contribution in [-0.2, 0) is 4.74 Å². The highest BCUT2D eigenvalue weighted by molar-refractivity contribution is 5.90. The molecule has 0 aromatic carbocycles. The first-order valence-electron chi connectivity index (χ1n) is 5.14. The van der Waals surface area contributed by atoms with Crippen LogP contribution in [0.3, 0.4) is 0 Å². The van der Waals surface area contributed by atoms with Gasteiger partial charge in [0.25, 0.3) is 5.91 Å². The molecule has 3 rings (SSSR count). The summed E-state index contributed by atoms with van der Waals surface area (Å²) in [5.41, 5.74) is 0. The lowest BCUT2D eigenvalue weighted by atomic mass is 10.2. The van der Waals surface area contributed by atoms with E-state index in [4.69, 9.17) is 4.74 Å². The molecule has 6 heteroatoms. The molecule has 1 aromatic heterocycles. The molecule has 1 saturated carbocycles. The Hall–Kier alpha value is -1.43. The van der Waals surface area contributed by atoms with Crippen LogP contribution in [0.2, 0.25) is 0 Å². The lowest BCUT2D eigenvalue weighted by Gasteiger charge is -2.26. The minimum atomic E-state index is -0.216. The minimum absolute atomic E-state index is 0.125. The van der Waals surface area contributed by atoms with E-state index in [-0.39, 0.29) is 17.8 Å². The number of nitrogens with one attached hydrogen (secondary N) is 2. The fourth-order valence-electron chi connectivity index (χ4n) is 1.48. The van der Waals surface area contributed by atoms with Crippen molar-refractivity contribution in [2.24, 2.45) is 0 Å². The van der Waals surface area contributed by atoms with Crippen molar-refractivity contribution in [2.45, 2.75) is 24.8 Å². The lowest BCUT2D eigenvalue weighted by molar-refractivity contribution is -0.00363. The van der Waals surface area contributed by atoms with Crippen molar-refractivity contribution in [3.8, 4) is 0 Å². The van der Waals surface area contributed by atoms with E-state index in [1.54, 1.807) is 0 Å². The highest BCUT2D eigenvalue weighted by atomic mass is 16.5. The van der Waals surface area contributed by atoms with Gasteiger partial charge >= 0.3 is 0 Å². The van der Waals surface area contributed by atoms with Gasteiger partial charge in [0.05, 0.1) is 19.3 Å². The van der Waals surface area contributed by atoms with Crippen LogP contribution in [0.15, 0.2) is 0 Å². The summed E-state index contributed by atoms with van der Waals surface area (Å²) in [6.07, 6.45) is 2.29. The quantitative estimate of drug-likeness (QED) is 0.721. The Morgan fingerprint density at radius 3 is 2.87 bits per heavy atom. The lowest BCUT2D eigenvalue weighted by Crippen LogP contribution is -2.48. The molecule has 15 heavy (non-hydrogen) atoms. The van der Waals surface area contributed by atoms with Crippen molar-refractivity contribution in [3.63, 3.8) is 0 Å². The number of carbonyl (C=O) groups excluding carboxylic acids is 1. The number of hydrogen-bond donors (Lipinski definition) is 2. The van der Waals surface area contributed by atoms with E-state index in [0.717, 1.165) is 18.7 Å². The molecule has 1 aliphatic carbocycles. The van der Waals surface area contributed by atoms with E-state index in [9.17, 15) is 4.79 Å². The van der Waals surface area contributed by atoms with Crippen molar-refractivity contribution in [1.29, 1.82) is 0 Å². The molecule has 0 radical (unpaired) electrons. The fourth-order valence-corrected chi connectivity index (χ4v) is 1.48.